The Labute approximate surface area is 247 Å². The molecule has 1 aliphatic rings. The zero-order valence-corrected chi connectivity index (χ0v) is 25.5. The Morgan fingerprint density at radius 3 is 2.25 bits per heavy atom. The van der Waals surface area contributed by atoms with Gasteiger partial charge in [0.2, 0.25) is 5.91 Å². The Morgan fingerprint density at radius 1 is 0.925 bits per heavy atom. The number of amides is 2. The lowest BCUT2D eigenvalue weighted by Gasteiger charge is -2.33. The van der Waals surface area contributed by atoms with E-state index in [-0.39, 0.29) is 29.9 Å². The van der Waals surface area contributed by atoms with E-state index >= 15 is 0 Å². The zero-order valence-electron chi connectivity index (χ0n) is 23.9. The van der Waals surface area contributed by atoms with Crippen LogP contribution in [-0.4, -0.2) is 35.4 Å². The number of rotatable bonds is 10. The average molecular weight is 606 g/mol. The summed E-state index contributed by atoms with van der Waals surface area (Å²) in [5, 5.41) is 3.28. The molecule has 40 heavy (non-hydrogen) atoms. The Bertz CT molecular complexity index is 1250. The molecule has 212 valence electrons. The molecule has 0 aliphatic heterocycles. The van der Waals surface area contributed by atoms with E-state index in [9.17, 15) is 9.59 Å². The van der Waals surface area contributed by atoms with Crippen LogP contribution in [0.15, 0.2) is 83.3 Å². The van der Waals surface area contributed by atoms with Crippen molar-refractivity contribution >= 4 is 27.7 Å². The molecular formula is C34H41BrN2O3. The van der Waals surface area contributed by atoms with Crippen molar-refractivity contribution in [1.29, 1.82) is 0 Å². The van der Waals surface area contributed by atoms with E-state index in [4.69, 9.17) is 4.74 Å². The molecule has 3 aromatic carbocycles. The SMILES string of the molecule is CC(C)(C)c1ccc(OCC(=O)N(Cc2cccc(Br)c2)C(Cc2ccccc2)C(=O)NC2CCCCC2)cc1. The number of nitrogens with zero attached hydrogens (tertiary/aromatic N) is 1. The van der Waals surface area contributed by atoms with E-state index in [1.54, 1.807) is 4.90 Å². The van der Waals surface area contributed by atoms with Crippen LogP contribution in [0, 0.1) is 0 Å². The van der Waals surface area contributed by atoms with Crippen molar-refractivity contribution in [2.75, 3.05) is 6.61 Å². The van der Waals surface area contributed by atoms with Gasteiger partial charge in [-0.05, 0) is 59.2 Å². The highest BCUT2D eigenvalue weighted by atomic mass is 79.9. The number of hydrogen-bond donors (Lipinski definition) is 1. The fraction of sp³-hybridized carbons (Fsp3) is 0.412. The van der Waals surface area contributed by atoms with Gasteiger partial charge in [-0.25, -0.2) is 0 Å². The van der Waals surface area contributed by atoms with Crippen LogP contribution in [0.5, 0.6) is 5.75 Å². The maximum atomic E-state index is 13.9. The van der Waals surface area contributed by atoms with E-state index in [1.807, 2.05) is 78.9 Å². The van der Waals surface area contributed by atoms with Crippen LogP contribution in [0.2, 0.25) is 0 Å². The fourth-order valence-corrected chi connectivity index (χ4v) is 5.66. The molecule has 1 saturated carbocycles. The van der Waals surface area contributed by atoms with Crippen molar-refractivity contribution in [3.63, 3.8) is 0 Å². The van der Waals surface area contributed by atoms with Crippen LogP contribution in [0.4, 0.5) is 0 Å². The molecule has 0 spiro atoms. The first-order chi connectivity index (χ1) is 19.2. The molecule has 1 atom stereocenters. The van der Waals surface area contributed by atoms with Crippen LogP contribution in [0.3, 0.4) is 0 Å². The van der Waals surface area contributed by atoms with Gasteiger partial charge in [-0.15, -0.1) is 0 Å². The Morgan fingerprint density at radius 2 is 1.60 bits per heavy atom. The zero-order chi connectivity index (χ0) is 28.5. The molecule has 1 aliphatic carbocycles. The van der Waals surface area contributed by atoms with E-state index in [0.29, 0.717) is 18.7 Å². The minimum absolute atomic E-state index is 0.0332. The molecule has 0 heterocycles. The van der Waals surface area contributed by atoms with E-state index in [0.717, 1.165) is 41.3 Å². The molecule has 5 nitrogen and oxygen atoms in total. The van der Waals surface area contributed by atoms with E-state index < -0.39 is 6.04 Å². The highest BCUT2D eigenvalue weighted by molar-refractivity contribution is 9.10. The number of benzene rings is 3. The van der Waals surface area contributed by atoms with Gasteiger partial charge < -0.3 is 15.0 Å². The van der Waals surface area contributed by atoms with Crippen molar-refractivity contribution in [3.05, 3.63) is 100 Å². The second kappa shape index (κ2) is 14.0. The molecule has 0 bridgehead atoms. The topological polar surface area (TPSA) is 58.6 Å². The minimum atomic E-state index is -0.664. The van der Waals surface area contributed by atoms with Crippen LogP contribution in [0.1, 0.15) is 69.6 Å². The largest absolute Gasteiger partial charge is 0.484 e. The van der Waals surface area contributed by atoms with Gasteiger partial charge in [-0.1, -0.05) is 111 Å². The standard InChI is InChI=1S/C34H41BrN2O3/c1-34(2,3)27-17-19-30(20-18-27)40-24-32(38)37(23-26-13-10-14-28(35)21-26)31(22-25-11-6-4-7-12-25)33(39)36-29-15-8-5-9-16-29/h4,6-7,10-14,17-21,29,31H,5,8-9,15-16,22-24H2,1-3H3,(H,36,39). The van der Waals surface area contributed by atoms with E-state index in [2.05, 4.69) is 42.0 Å². The average Bonchev–Trinajstić information content (AvgIpc) is 2.94. The normalized spacial score (nSPS) is 14.8. The third-order valence-electron chi connectivity index (χ3n) is 7.55. The molecule has 1 unspecified atom stereocenters. The first-order valence-electron chi connectivity index (χ1n) is 14.3. The number of halogens is 1. The molecule has 1 fully saturated rings. The van der Waals surface area contributed by atoms with Crippen LogP contribution in [-0.2, 0) is 28.0 Å². The summed E-state index contributed by atoms with van der Waals surface area (Å²) in [4.78, 5) is 29.4. The van der Waals surface area contributed by atoms with Gasteiger partial charge in [-0.3, -0.25) is 9.59 Å². The number of hydrogen-bond acceptors (Lipinski definition) is 3. The molecule has 0 aromatic heterocycles. The summed E-state index contributed by atoms with van der Waals surface area (Å²) >= 11 is 3.55. The number of carbonyl (C=O) groups excluding carboxylic acids is 2. The fourth-order valence-electron chi connectivity index (χ4n) is 5.21. The second-order valence-corrected chi connectivity index (χ2v) is 12.7. The monoisotopic (exact) mass is 604 g/mol. The predicted octanol–water partition coefficient (Wildman–Crippen LogP) is 7.21. The summed E-state index contributed by atoms with van der Waals surface area (Å²) in [5.74, 6) is 0.309. The maximum Gasteiger partial charge on any atom is 0.261 e. The molecule has 0 radical (unpaired) electrons. The molecular weight excluding hydrogens is 564 g/mol. The molecule has 2 amide bonds. The number of carbonyl (C=O) groups is 2. The third kappa shape index (κ3) is 8.69. The van der Waals surface area contributed by atoms with Crippen molar-refractivity contribution in [2.45, 2.75) is 83.3 Å². The van der Waals surface area contributed by atoms with Crippen LogP contribution in [0.25, 0.3) is 0 Å². The highest BCUT2D eigenvalue weighted by Crippen LogP contribution is 2.25. The summed E-state index contributed by atoms with van der Waals surface area (Å²) in [6.45, 7) is 6.65. The lowest BCUT2D eigenvalue weighted by molar-refractivity contribution is -0.143. The summed E-state index contributed by atoms with van der Waals surface area (Å²) in [5.41, 5.74) is 3.19. The van der Waals surface area contributed by atoms with Crippen molar-refractivity contribution in [3.8, 4) is 5.75 Å². The summed E-state index contributed by atoms with van der Waals surface area (Å²) in [7, 11) is 0. The van der Waals surface area contributed by atoms with Crippen molar-refractivity contribution in [1.82, 2.24) is 10.2 Å². The van der Waals surface area contributed by atoms with Crippen molar-refractivity contribution < 1.29 is 14.3 Å². The highest BCUT2D eigenvalue weighted by Gasteiger charge is 2.32. The predicted molar refractivity (Wildman–Crippen MR) is 164 cm³/mol. The van der Waals surface area contributed by atoms with Gasteiger partial charge >= 0.3 is 0 Å². The summed E-state index contributed by atoms with van der Waals surface area (Å²) in [6, 6.07) is 25.2. The van der Waals surface area contributed by atoms with Gasteiger partial charge in [0, 0.05) is 23.5 Å². The lowest BCUT2D eigenvalue weighted by atomic mass is 9.87. The maximum absolute atomic E-state index is 13.9. The first-order valence-corrected chi connectivity index (χ1v) is 15.1. The number of nitrogens with one attached hydrogen (secondary N) is 1. The van der Waals surface area contributed by atoms with E-state index in [1.165, 1.54) is 12.0 Å². The van der Waals surface area contributed by atoms with Gasteiger partial charge in [0.05, 0.1) is 0 Å². The molecule has 1 N–H and O–H groups in total. The van der Waals surface area contributed by atoms with Gasteiger partial charge in [-0.2, -0.15) is 0 Å². The third-order valence-corrected chi connectivity index (χ3v) is 8.04. The van der Waals surface area contributed by atoms with Crippen LogP contribution < -0.4 is 10.1 Å². The molecule has 0 saturated heterocycles. The number of ether oxygens (including phenoxy) is 1. The van der Waals surface area contributed by atoms with Crippen LogP contribution >= 0.6 is 15.9 Å². The Hall–Kier alpha value is -3.12. The minimum Gasteiger partial charge on any atom is -0.484 e. The lowest BCUT2D eigenvalue weighted by Crippen LogP contribution is -2.53. The molecule has 4 rings (SSSR count). The van der Waals surface area contributed by atoms with Gasteiger partial charge in [0.15, 0.2) is 6.61 Å². The summed E-state index contributed by atoms with van der Waals surface area (Å²) in [6.07, 6.45) is 5.85. The first kappa shape index (κ1) is 29.9. The van der Waals surface area contributed by atoms with Gasteiger partial charge in [0.1, 0.15) is 11.8 Å². The molecule has 6 heteroatoms. The second-order valence-electron chi connectivity index (χ2n) is 11.8. The van der Waals surface area contributed by atoms with Gasteiger partial charge in [0.25, 0.3) is 5.91 Å². The summed E-state index contributed by atoms with van der Waals surface area (Å²) < 4.78 is 6.91. The Balaban J connectivity index is 1.59. The smallest absolute Gasteiger partial charge is 0.261 e. The molecule has 3 aromatic rings. The van der Waals surface area contributed by atoms with Crippen molar-refractivity contribution in [2.24, 2.45) is 0 Å². The quantitative estimate of drug-likeness (QED) is 0.266. The Kier molecular flexibility index (Phi) is 10.4.